The molecule has 0 radical (unpaired) electrons. The molecular formula is C20H23ClN4O2. The van der Waals surface area contributed by atoms with Crippen LogP contribution in [0.2, 0.25) is 5.02 Å². The summed E-state index contributed by atoms with van der Waals surface area (Å²) in [5.41, 5.74) is 1.82. The third-order valence-corrected chi connectivity index (χ3v) is 4.81. The summed E-state index contributed by atoms with van der Waals surface area (Å²) in [6.45, 7) is 3.09. The summed E-state index contributed by atoms with van der Waals surface area (Å²) in [7, 11) is 0. The van der Waals surface area contributed by atoms with Crippen molar-refractivity contribution in [3.8, 4) is 0 Å². The number of halogens is 1. The van der Waals surface area contributed by atoms with E-state index in [1.807, 2.05) is 12.1 Å². The molecule has 1 atom stereocenters. The third-order valence-electron chi connectivity index (χ3n) is 4.56. The highest BCUT2D eigenvalue weighted by atomic mass is 35.5. The minimum Gasteiger partial charge on any atom is -0.478 e. The smallest absolute Gasteiger partial charge is 0.328 e. The SMILES string of the molecule is O=C(O)C=Cc1cnc(N[C@@H]2CCCN(CCc3ccc(Cl)cc3)C2)cn1. The molecule has 0 spiro atoms. The molecule has 0 unspecified atom stereocenters. The molecule has 1 aliphatic heterocycles. The molecule has 2 N–H and O–H groups in total. The number of hydrogen-bond acceptors (Lipinski definition) is 5. The first-order chi connectivity index (χ1) is 13.1. The van der Waals surface area contributed by atoms with E-state index in [0.29, 0.717) is 17.6 Å². The molecule has 27 heavy (non-hydrogen) atoms. The van der Waals surface area contributed by atoms with E-state index in [9.17, 15) is 4.79 Å². The molecule has 2 heterocycles. The molecule has 3 rings (SSSR count). The van der Waals surface area contributed by atoms with Gasteiger partial charge in [-0.05, 0) is 49.6 Å². The predicted octanol–water partition coefficient (Wildman–Crippen LogP) is 3.35. The topological polar surface area (TPSA) is 78.3 Å². The summed E-state index contributed by atoms with van der Waals surface area (Å²) in [6, 6.07) is 8.37. The summed E-state index contributed by atoms with van der Waals surface area (Å²) in [5, 5.41) is 12.8. The van der Waals surface area contributed by atoms with Gasteiger partial charge in [0.25, 0.3) is 0 Å². The summed E-state index contributed by atoms with van der Waals surface area (Å²) in [5.74, 6) is -0.285. The summed E-state index contributed by atoms with van der Waals surface area (Å²) in [6.07, 6.45) is 8.95. The van der Waals surface area contributed by atoms with Gasteiger partial charge in [0, 0.05) is 30.2 Å². The van der Waals surface area contributed by atoms with Crippen LogP contribution in [0.1, 0.15) is 24.1 Å². The fourth-order valence-electron chi connectivity index (χ4n) is 3.18. The zero-order chi connectivity index (χ0) is 19.1. The molecule has 142 valence electrons. The molecule has 1 aromatic heterocycles. The van der Waals surface area contributed by atoms with Crippen molar-refractivity contribution >= 4 is 29.5 Å². The second-order valence-corrected chi connectivity index (χ2v) is 7.10. The zero-order valence-electron chi connectivity index (χ0n) is 15.0. The Bertz CT molecular complexity index is 778. The largest absolute Gasteiger partial charge is 0.478 e. The molecule has 2 aromatic rings. The van der Waals surface area contributed by atoms with Crippen LogP contribution in [0.4, 0.5) is 5.82 Å². The molecule has 0 amide bonds. The normalized spacial score (nSPS) is 17.9. The monoisotopic (exact) mass is 386 g/mol. The van der Waals surface area contributed by atoms with Crippen molar-refractivity contribution in [2.45, 2.75) is 25.3 Å². The summed E-state index contributed by atoms with van der Waals surface area (Å²) in [4.78, 5) is 21.5. The van der Waals surface area contributed by atoms with Gasteiger partial charge in [0.15, 0.2) is 0 Å². The maximum absolute atomic E-state index is 10.5. The number of hydrogen-bond donors (Lipinski definition) is 2. The number of aromatic nitrogens is 2. The van der Waals surface area contributed by atoms with Crippen LogP contribution in [-0.4, -0.2) is 51.6 Å². The second-order valence-electron chi connectivity index (χ2n) is 6.66. The maximum atomic E-state index is 10.5. The summed E-state index contributed by atoms with van der Waals surface area (Å²) < 4.78 is 0. The van der Waals surface area contributed by atoms with Crippen LogP contribution < -0.4 is 5.32 Å². The number of likely N-dealkylation sites (tertiary alicyclic amines) is 1. The maximum Gasteiger partial charge on any atom is 0.328 e. The lowest BCUT2D eigenvalue weighted by Crippen LogP contribution is -2.43. The van der Waals surface area contributed by atoms with Gasteiger partial charge in [0.1, 0.15) is 5.82 Å². The van der Waals surface area contributed by atoms with Gasteiger partial charge in [-0.1, -0.05) is 23.7 Å². The number of nitrogens with zero attached hydrogens (tertiary/aromatic N) is 3. The zero-order valence-corrected chi connectivity index (χ0v) is 15.8. The van der Waals surface area contributed by atoms with E-state index in [2.05, 4.69) is 32.3 Å². The van der Waals surface area contributed by atoms with E-state index in [4.69, 9.17) is 16.7 Å². The van der Waals surface area contributed by atoms with E-state index in [0.717, 1.165) is 50.0 Å². The average Bonchev–Trinajstić information content (AvgIpc) is 2.67. The molecule has 0 bridgehead atoms. The van der Waals surface area contributed by atoms with Crippen molar-refractivity contribution < 1.29 is 9.90 Å². The van der Waals surface area contributed by atoms with Crippen LogP contribution in [0.25, 0.3) is 6.08 Å². The molecule has 0 aliphatic carbocycles. The Labute approximate surface area is 163 Å². The van der Waals surface area contributed by atoms with Crippen molar-refractivity contribution in [2.24, 2.45) is 0 Å². The van der Waals surface area contributed by atoms with Gasteiger partial charge in [-0.2, -0.15) is 0 Å². The number of carboxylic acid groups (broad SMARTS) is 1. The highest BCUT2D eigenvalue weighted by Crippen LogP contribution is 2.16. The molecular weight excluding hydrogens is 364 g/mol. The second kappa shape index (κ2) is 9.48. The summed E-state index contributed by atoms with van der Waals surface area (Å²) >= 11 is 5.94. The highest BCUT2D eigenvalue weighted by Gasteiger charge is 2.19. The number of rotatable bonds is 7. The Hall–Kier alpha value is -2.44. The fourth-order valence-corrected chi connectivity index (χ4v) is 3.31. The van der Waals surface area contributed by atoms with Crippen molar-refractivity contribution in [1.82, 2.24) is 14.9 Å². The Morgan fingerprint density at radius 2 is 2.11 bits per heavy atom. The van der Waals surface area contributed by atoms with E-state index in [-0.39, 0.29) is 0 Å². The minimum absolute atomic E-state index is 0.332. The van der Waals surface area contributed by atoms with Crippen molar-refractivity contribution in [1.29, 1.82) is 0 Å². The van der Waals surface area contributed by atoms with Gasteiger partial charge in [0.2, 0.25) is 0 Å². The van der Waals surface area contributed by atoms with E-state index in [1.165, 1.54) is 11.6 Å². The van der Waals surface area contributed by atoms with E-state index < -0.39 is 5.97 Å². The average molecular weight is 387 g/mol. The van der Waals surface area contributed by atoms with Gasteiger partial charge >= 0.3 is 5.97 Å². The van der Waals surface area contributed by atoms with Crippen LogP contribution in [0.5, 0.6) is 0 Å². The van der Waals surface area contributed by atoms with Crippen LogP contribution in [0, 0.1) is 0 Å². The molecule has 1 aliphatic rings. The van der Waals surface area contributed by atoms with Gasteiger partial charge < -0.3 is 15.3 Å². The van der Waals surface area contributed by atoms with Gasteiger partial charge in [-0.15, -0.1) is 0 Å². The molecule has 1 fully saturated rings. The Balaban J connectivity index is 1.49. The number of aliphatic carboxylic acids is 1. The third kappa shape index (κ3) is 6.34. The lowest BCUT2D eigenvalue weighted by molar-refractivity contribution is -0.131. The van der Waals surface area contributed by atoms with Gasteiger partial charge in [-0.25, -0.2) is 9.78 Å². The molecule has 1 aromatic carbocycles. The number of anilines is 1. The molecule has 7 heteroatoms. The number of piperidine rings is 1. The first-order valence-electron chi connectivity index (χ1n) is 9.05. The van der Waals surface area contributed by atoms with Crippen LogP contribution >= 0.6 is 11.6 Å². The Kier molecular flexibility index (Phi) is 6.79. The minimum atomic E-state index is -1.00. The predicted molar refractivity (Wildman–Crippen MR) is 107 cm³/mol. The number of carboxylic acids is 1. The quantitative estimate of drug-likeness (QED) is 0.710. The fraction of sp³-hybridized carbons (Fsp3) is 0.350. The molecule has 6 nitrogen and oxygen atoms in total. The van der Waals surface area contributed by atoms with Crippen LogP contribution in [0.3, 0.4) is 0 Å². The van der Waals surface area contributed by atoms with Crippen molar-refractivity contribution in [2.75, 3.05) is 25.0 Å². The number of carbonyl (C=O) groups is 1. The number of nitrogens with one attached hydrogen (secondary N) is 1. The lowest BCUT2D eigenvalue weighted by atomic mass is 10.0. The van der Waals surface area contributed by atoms with Crippen LogP contribution in [0.15, 0.2) is 42.7 Å². The Morgan fingerprint density at radius 3 is 2.81 bits per heavy atom. The lowest BCUT2D eigenvalue weighted by Gasteiger charge is -2.33. The molecule has 0 saturated carbocycles. The van der Waals surface area contributed by atoms with Gasteiger partial charge in [0.05, 0.1) is 18.1 Å². The molecule has 1 saturated heterocycles. The van der Waals surface area contributed by atoms with E-state index in [1.54, 1.807) is 12.4 Å². The standard InChI is InChI=1S/C20H23ClN4O2/c21-16-5-3-15(4-6-16)9-11-25-10-1-2-18(14-25)24-19-13-22-17(12-23-19)7-8-20(26)27/h3-8,12-13,18H,1-2,9-11,14H2,(H,23,24)(H,26,27)/t18-/m1/s1. The van der Waals surface area contributed by atoms with Crippen LogP contribution in [-0.2, 0) is 11.2 Å². The van der Waals surface area contributed by atoms with Crippen molar-refractivity contribution in [3.05, 3.63) is 59.0 Å². The van der Waals surface area contributed by atoms with Gasteiger partial charge in [-0.3, -0.25) is 4.98 Å². The van der Waals surface area contributed by atoms with E-state index >= 15 is 0 Å². The Morgan fingerprint density at radius 1 is 1.30 bits per heavy atom. The number of benzene rings is 1. The highest BCUT2D eigenvalue weighted by molar-refractivity contribution is 6.30. The first-order valence-corrected chi connectivity index (χ1v) is 9.43. The van der Waals surface area contributed by atoms with Crippen molar-refractivity contribution in [3.63, 3.8) is 0 Å². The first kappa shape index (κ1) is 19.3.